The van der Waals surface area contributed by atoms with Gasteiger partial charge in [-0.2, -0.15) is 0 Å². The van der Waals surface area contributed by atoms with Gasteiger partial charge in [0.15, 0.2) is 0 Å². The Bertz CT molecular complexity index is 405. The van der Waals surface area contributed by atoms with Crippen LogP contribution in [0.15, 0.2) is 35.5 Å². The van der Waals surface area contributed by atoms with Crippen molar-refractivity contribution < 1.29 is 4.79 Å². The lowest BCUT2D eigenvalue weighted by atomic mass is 10.2. The number of allylic oxidation sites excluding steroid dienone is 1. The number of rotatable bonds is 3. The van der Waals surface area contributed by atoms with Gasteiger partial charge in [0.25, 0.3) is 0 Å². The predicted molar refractivity (Wildman–Crippen MR) is 55.1 cm³/mol. The van der Waals surface area contributed by atoms with Gasteiger partial charge in [0.1, 0.15) is 0 Å². The van der Waals surface area contributed by atoms with Crippen LogP contribution in [-0.4, -0.2) is 5.24 Å². The van der Waals surface area contributed by atoms with Crippen molar-refractivity contribution in [2.45, 2.75) is 0 Å². The molecule has 4 nitrogen and oxygen atoms in total. The van der Waals surface area contributed by atoms with Crippen molar-refractivity contribution in [2.24, 2.45) is 5.11 Å². The lowest BCUT2D eigenvalue weighted by Gasteiger charge is -1.92. The van der Waals surface area contributed by atoms with E-state index in [4.69, 9.17) is 17.1 Å². The van der Waals surface area contributed by atoms with Crippen molar-refractivity contribution in [1.29, 1.82) is 0 Å². The van der Waals surface area contributed by atoms with Crippen LogP contribution in [0.1, 0.15) is 5.56 Å². The van der Waals surface area contributed by atoms with E-state index < -0.39 is 5.24 Å². The first kappa shape index (κ1) is 10.3. The molecule has 5 heteroatoms. The molecule has 0 saturated carbocycles. The minimum absolute atomic E-state index is 0.524. The predicted octanol–water partition coefficient (Wildman–Crippen LogP) is 3.41. The van der Waals surface area contributed by atoms with Crippen LogP contribution in [0, 0.1) is 0 Å². The van der Waals surface area contributed by atoms with Crippen molar-refractivity contribution in [3.05, 3.63) is 46.3 Å². The second kappa shape index (κ2) is 5.07. The fraction of sp³-hybridized carbons (Fsp3) is 0. The van der Waals surface area contributed by atoms with Crippen molar-refractivity contribution in [2.75, 3.05) is 0 Å². The molecule has 1 aromatic rings. The van der Waals surface area contributed by atoms with E-state index in [-0.39, 0.29) is 0 Å². The first-order valence-corrected chi connectivity index (χ1v) is 4.13. The zero-order chi connectivity index (χ0) is 10.4. The Morgan fingerprint density at radius 2 is 2.07 bits per heavy atom. The highest BCUT2D eigenvalue weighted by Gasteiger charge is 1.90. The smallest absolute Gasteiger partial charge is 0.245 e. The highest BCUT2D eigenvalue weighted by atomic mass is 35.5. The molecule has 0 N–H and O–H groups in total. The van der Waals surface area contributed by atoms with E-state index in [1.807, 2.05) is 0 Å². The van der Waals surface area contributed by atoms with Crippen LogP contribution in [0.2, 0.25) is 0 Å². The standard InChI is InChI=1S/C9H6ClN3O/c10-9(14)6-3-7-1-4-8(5-2-7)12-13-11/h1-6H. The summed E-state index contributed by atoms with van der Waals surface area (Å²) in [5, 5.41) is 2.88. The number of benzene rings is 1. The third-order valence-electron chi connectivity index (χ3n) is 1.46. The molecule has 0 aliphatic heterocycles. The van der Waals surface area contributed by atoms with E-state index in [0.717, 1.165) is 5.56 Å². The highest BCUT2D eigenvalue weighted by molar-refractivity contribution is 6.66. The van der Waals surface area contributed by atoms with Gasteiger partial charge in [-0.05, 0) is 28.8 Å². The monoisotopic (exact) mass is 207 g/mol. The summed E-state index contributed by atoms with van der Waals surface area (Å²) in [4.78, 5) is 13.0. The summed E-state index contributed by atoms with van der Waals surface area (Å²) >= 11 is 5.12. The molecule has 0 atom stereocenters. The van der Waals surface area contributed by atoms with Crippen molar-refractivity contribution in [3.8, 4) is 0 Å². The number of hydrogen-bond acceptors (Lipinski definition) is 2. The largest absolute Gasteiger partial charge is 0.276 e. The van der Waals surface area contributed by atoms with Crippen LogP contribution in [0.3, 0.4) is 0 Å². The van der Waals surface area contributed by atoms with Gasteiger partial charge in [-0.3, -0.25) is 4.79 Å². The number of carbonyl (C=O) groups excluding carboxylic acids is 1. The zero-order valence-electron chi connectivity index (χ0n) is 7.09. The van der Waals surface area contributed by atoms with Crippen LogP contribution in [-0.2, 0) is 4.79 Å². The number of azide groups is 1. The molecular formula is C9H6ClN3O. The summed E-state index contributed by atoms with van der Waals surface area (Å²) in [5.41, 5.74) is 9.49. The van der Waals surface area contributed by atoms with E-state index in [9.17, 15) is 4.79 Å². The van der Waals surface area contributed by atoms with E-state index in [1.165, 1.54) is 6.08 Å². The first-order chi connectivity index (χ1) is 6.72. The van der Waals surface area contributed by atoms with Crippen LogP contribution in [0.25, 0.3) is 16.5 Å². The maximum Gasteiger partial charge on any atom is 0.245 e. The summed E-state index contributed by atoms with van der Waals surface area (Å²) in [6, 6.07) is 6.75. The lowest BCUT2D eigenvalue weighted by Crippen LogP contribution is -1.75. The normalized spacial score (nSPS) is 9.79. The Hall–Kier alpha value is -1.77. The Kier molecular flexibility index (Phi) is 3.73. The van der Waals surface area contributed by atoms with Gasteiger partial charge in [-0.1, -0.05) is 35.5 Å². The summed E-state index contributed by atoms with van der Waals surface area (Å²) in [7, 11) is 0. The summed E-state index contributed by atoms with van der Waals surface area (Å²) in [6.45, 7) is 0. The minimum atomic E-state index is -0.524. The molecule has 1 rings (SSSR count). The Morgan fingerprint density at radius 1 is 1.43 bits per heavy atom. The minimum Gasteiger partial charge on any atom is -0.276 e. The SMILES string of the molecule is [N-]=[N+]=Nc1ccc(C=CC(=O)Cl)cc1. The van der Waals surface area contributed by atoms with Gasteiger partial charge < -0.3 is 0 Å². The average Bonchev–Trinajstić information content (AvgIpc) is 2.17. The molecular weight excluding hydrogens is 202 g/mol. The molecule has 1 aromatic carbocycles. The quantitative estimate of drug-likeness (QED) is 0.246. The first-order valence-electron chi connectivity index (χ1n) is 3.75. The Labute approximate surface area is 85.4 Å². The zero-order valence-corrected chi connectivity index (χ0v) is 7.85. The van der Waals surface area contributed by atoms with Gasteiger partial charge in [0.2, 0.25) is 5.24 Å². The molecule has 0 unspecified atom stereocenters. The second-order valence-corrected chi connectivity index (χ2v) is 2.79. The van der Waals surface area contributed by atoms with E-state index in [2.05, 4.69) is 10.0 Å². The Morgan fingerprint density at radius 3 is 2.57 bits per heavy atom. The van der Waals surface area contributed by atoms with Crippen molar-refractivity contribution in [3.63, 3.8) is 0 Å². The molecule has 0 aliphatic rings. The molecule has 0 aliphatic carbocycles. The number of carbonyl (C=O) groups is 1. The van der Waals surface area contributed by atoms with Crippen LogP contribution in [0.5, 0.6) is 0 Å². The molecule has 0 bridgehead atoms. The number of hydrogen-bond donors (Lipinski definition) is 0. The molecule has 0 heterocycles. The van der Waals surface area contributed by atoms with E-state index >= 15 is 0 Å². The maximum absolute atomic E-state index is 10.4. The highest BCUT2D eigenvalue weighted by Crippen LogP contribution is 2.13. The maximum atomic E-state index is 10.4. The topological polar surface area (TPSA) is 65.8 Å². The van der Waals surface area contributed by atoms with E-state index in [1.54, 1.807) is 30.3 Å². The third-order valence-corrected chi connectivity index (χ3v) is 1.59. The molecule has 70 valence electrons. The van der Waals surface area contributed by atoms with Gasteiger partial charge in [-0.15, -0.1) is 0 Å². The van der Waals surface area contributed by atoms with Gasteiger partial charge in [0.05, 0.1) is 0 Å². The number of halogens is 1. The third kappa shape index (κ3) is 3.31. The molecule has 0 aromatic heterocycles. The summed E-state index contributed by atoms with van der Waals surface area (Å²) < 4.78 is 0. The fourth-order valence-electron chi connectivity index (χ4n) is 0.865. The van der Waals surface area contributed by atoms with Crippen LogP contribution >= 0.6 is 11.6 Å². The molecule has 0 saturated heterocycles. The Balaban J connectivity index is 2.83. The summed E-state index contributed by atoms with van der Waals surface area (Å²) in [6.07, 6.45) is 2.83. The summed E-state index contributed by atoms with van der Waals surface area (Å²) in [5.74, 6) is 0. The van der Waals surface area contributed by atoms with Crippen LogP contribution in [0.4, 0.5) is 5.69 Å². The van der Waals surface area contributed by atoms with Gasteiger partial charge >= 0.3 is 0 Å². The average molecular weight is 208 g/mol. The lowest BCUT2D eigenvalue weighted by molar-refractivity contribution is -0.107. The van der Waals surface area contributed by atoms with Gasteiger partial charge in [0, 0.05) is 10.6 Å². The fourth-order valence-corrected chi connectivity index (χ4v) is 0.928. The van der Waals surface area contributed by atoms with Crippen molar-refractivity contribution in [1.82, 2.24) is 0 Å². The van der Waals surface area contributed by atoms with Crippen molar-refractivity contribution >= 4 is 28.6 Å². The second-order valence-electron chi connectivity index (χ2n) is 2.42. The van der Waals surface area contributed by atoms with E-state index in [0.29, 0.717) is 5.69 Å². The molecule has 0 amide bonds. The molecule has 0 radical (unpaired) electrons. The molecule has 0 spiro atoms. The number of nitrogens with zero attached hydrogens (tertiary/aromatic N) is 3. The van der Waals surface area contributed by atoms with Gasteiger partial charge in [-0.25, -0.2) is 0 Å². The molecule has 0 fully saturated rings. The molecule has 14 heavy (non-hydrogen) atoms. The van der Waals surface area contributed by atoms with Crippen LogP contribution < -0.4 is 0 Å².